The highest BCUT2D eigenvalue weighted by molar-refractivity contribution is 6.47. The van der Waals surface area contributed by atoms with Crippen LogP contribution in [0.2, 0.25) is 0 Å². The summed E-state index contributed by atoms with van der Waals surface area (Å²) < 4.78 is 76.1. The molecular formula is C31H17F5N2O5. The summed E-state index contributed by atoms with van der Waals surface area (Å²) in [5.41, 5.74) is 1.18. The van der Waals surface area contributed by atoms with Gasteiger partial charge in [0.05, 0.1) is 16.5 Å². The van der Waals surface area contributed by atoms with E-state index in [0.29, 0.717) is 34.0 Å². The lowest BCUT2D eigenvalue weighted by Gasteiger charge is -2.06. The minimum atomic E-state index is -2.46. The van der Waals surface area contributed by atoms with Crippen molar-refractivity contribution in [1.29, 1.82) is 0 Å². The highest BCUT2D eigenvalue weighted by Gasteiger charge is 2.35. The van der Waals surface area contributed by atoms with E-state index in [-0.39, 0.29) is 17.1 Å². The normalized spacial score (nSPS) is 13.6. The summed E-state index contributed by atoms with van der Waals surface area (Å²) in [5, 5.41) is 4.24. The second-order valence-corrected chi connectivity index (χ2v) is 9.61. The predicted molar refractivity (Wildman–Crippen MR) is 144 cm³/mol. The molecule has 6 rings (SSSR count). The third-order valence-corrected chi connectivity index (χ3v) is 7.21. The molecule has 12 heteroatoms. The van der Waals surface area contributed by atoms with Crippen molar-refractivity contribution in [3.63, 3.8) is 0 Å². The van der Waals surface area contributed by atoms with Crippen molar-refractivity contribution in [3.8, 4) is 5.75 Å². The van der Waals surface area contributed by atoms with Crippen molar-refractivity contribution < 1.29 is 45.9 Å². The molecule has 0 radical (unpaired) electrons. The fourth-order valence-corrected chi connectivity index (χ4v) is 5.14. The molecule has 0 bridgehead atoms. The van der Waals surface area contributed by atoms with Gasteiger partial charge in [0.25, 0.3) is 5.78 Å². The quantitative estimate of drug-likeness (QED) is 0.0560. The van der Waals surface area contributed by atoms with E-state index in [1.165, 1.54) is 6.07 Å². The average molecular weight is 592 g/mol. The number of aromatic nitrogens is 1. The topological polar surface area (TPSA) is 87.0 Å². The number of ketones is 2. The zero-order chi connectivity index (χ0) is 30.7. The van der Waals surface area contributed by atoms with Crippen molar-refractivity contribution in [1.82, 2.24) is 4.57 Å². The zero-order valence-corrected chi connectivity index (χ0v) is 22.2. The number of Topliss-reactive ketones (excluding diaryl/α,β-unsaturated/α-hetero) is 1. The van der Waals surface area contributed by atoms with Crippen molar-refractivity contribution in [3.05, 3.63) is 112 Å². The number of fused-ring (bicyclic) bond motifs is 5. The van der Waals surface area contributed by atoms with Crippen LogP contribution in [0.1, 0.15) is 49.1 Å². The molecule has 216 valence electrons. The number of oxime groups is 1. The lowest BCUT2D eigenvalue weighted by atomic mass is 9.97. The number of halogens is 5. The van der Waals surface area contributed by atoms with Crippen LogP contribution in [0.5, 0.6) is 5.75 Å². The van der Waals surface area contributed by atoms with Gasteiger partial charge in [-0.25, -0.2) is 26.7 Å². The molecule has 2 heterocycles. The molecule has 7 nitrogen and oxygen atoms in total. The summed E-state index contributed by atoms with van der Waals surface area (Å²) in [7, 11) is 0. The Kier molecular flexibility index (Phi) is 6.56. The Morgan fingerprint density at radius 2 is 1.53 bits per heavy atom. The Hall–Kier alpha value is -5.39. The molecule has 0 N–H and O–H groups in total. The van der Waals surface area contributed by atoms with Gasteiger partial charge < -0.3 is 14.1 Å². The standard InChI is InChI=1S/C31H17F5N2O5/c1-3-38-18-10-8-14(27(39)15-7-5-4-6-13(15)2)12-17(18)20-19(38)11-9-16-28(40)30(42-29(16)20)37-43-31(41)21-22(32)24(34)26(36)25(35)23(21)33/h4-12H,3H2,1-2H3. The molecule has 1 aliphatic rings. The number of rotatable bonds is 5. The monoisotopic (exact) mass is 592 g/mol. The largest absolute Gasteiger partial charge is 0.432 e. The summed E-state index contributed by atoms with van der Waals surface area (Å²) in [4.78, 5) is 43.0. The third-order valence-electron chi connectivity index (χ3n) is 7.21. The number of carbonyl (C=O) groups is 3. The van der Waals surface area contributed by atoms with E-state index in [2.05, 4.69) is 9.99 Å². The van der Waals surface area contributed by atoms with Crippen molar-refractivity contribution in [2.75, 3.05) is 0 Å². The number of aryl methyl sites for hydroxylation is 2. The fraction of sp³-hybridized carbons (Fsp3) is 0.0968. The Labute approximate surface area is 238 Å². The van der Waals surface area contributed by atoms with Gasteiger partial charge in [0.2, 0.25) is 5.82 Å². The van der Waals surface area contributed by atoms with Gasteiger partial charge in [0.1, 0.15) is 5.56 Å². The van der Waals surface area contributed by atoms with Gasteiger partial charge in [0, 0.05) is 28.6 Å². The summed E-state index contributed by atoms with van der Waals surface area (Å²) in [6.07, 6.45) is 0. The van der Waals surface area contributed by atoms with Crippen LogP contribution in [0.4, 0.5) is 22.0 Å². The Morgan fingerprint density at radius 1 is 0.884 bits per heavy atom. The van der Waals surface area contributed by atoms with Crippen LogP contribution in [0.15, 0.2) is 59.8 Å². The van der Waals surface area contributed by atoms with Gasteiger partial charge in [0.15, 0.2) is 34.8 Å². The fourth-order valence-electron chi connectivity index (χ4n) is 5.14. The van der Waals surface area contributed by atoms with Crippen molar-refractivity contribution >= 4 is 45.2 Å². The van der Waals surface area contributed by atoms with Crippen LogP contribution in [0, 0.1) is 36.0 Å². The smallest absolute Gasteiger partial charge is 0.372 e. The summed E-state index contributed by atoms with van der Waals surface area (Å²) in [6.45, 7) is 4.23. The Balaban J connectivity index is 1.42. The number of benzene rings is 4. The summed E-state index contributed by atoms with van der Waals surface area (Å²) in [6, 6.07) is 15.4. The van der Waals surface area contributed by atoms with E-state index < -0.39 is 52.3 Å². The molecule has 43 heavy (non-hydrogen) atoms. The Bertz CT molecular complexity index is 2070. The van der Waals surface area contributed by atoms with Gasteiger partial charge >= 0.3 is 11.9 Å². The lowest BCUT2D eigenvalue weighted by molar-refractivity contribution is 0.0493. The molecular weight excluding hydrogens is 575 g/mol. The van der Waals surface area contributed by atoms with Crippen LogP contribution in [0.3, 0.4) is 0 Å². The van der Waals surface area contributed by atoms with E-state index in [1.807, 2.05) is 30.5 Å². The molecule has 0 saturated heterocycles. The molecule has 0 amide bonds. The number of hydrogen-bond donors (Lipinski definition) is 0. The molecule has 1 aromatic heterocycles. The van der Waals surface area contributed by atoms with Gasteiger partial charge in [-0.3, -0.25) is 9.59 Å². The van der Waals surface area contributed by atoms with Crippen LogP contribution >= 0.6 is 0 Å². The highest BCUT2D eigenvalue weighted by Crippen LogP contribution is 2.41. The Morgan fingerprint density at radius 3 is 2.21 bits per heavy atom. The van der Waals surface area contributed by atoms with Crippen LogP contribution in [0.25, 0.3) is 21.8 Å². The van der Waals surface area contributed by atoms with E-state index in [9.17, 15) is 36.3 Å². The molecule has 5 aromatic rings. The molecule has 0 saturated carbocycles. The number of carbonyl (C=O) groups excluding carboxylic acids is 3. The number of hydrogen-bond acceptors (Lipinski definition) is 6. The molecule has 1 aliphatic heterocycles. The predicted octanol–water partition coefficient (Wildman–Crippen LogP) is 6.79. The van der Waals surface area contributed by atoms with E-state index in [1.54, 1.807) is 36.4 Å². The minimum Gasteiger partial charge on any atom is -0.432 e. The van der Waals surface area contributed by atoms with Gasteiger partial charge in [-0.2, -0.15) is 0 Å². The second-order valence-electron chi connectivity index (χ2n) is 9.61. The first-order valence-electron chi connectivity index (χ1n) is 12.8. The number of ether oxygens (including phenoxy) is 1. The average Bonchev–Trinajstić information content (AvgIpc) is 3.51. The van der Waals surface area contributed by atoms with Crippen LogP contribution in [-0.4, -0.2) is 28.0 Å². The van der Waals surface area contributed by atoms with Gasteiger partial charge in [-0.1, -0.05) is 24.3 Å². The number of nitrogens with zero attached hydrogens (tertiary/aromatic N) is 2. The first kappa shape index (κ1) is 27.8. The molecule has 0 spiro atoms. The SMILES string of the molecule is CCn1c2ccc(C(=O)c3ccccc3C)cc2c2c3c(ccc21)C(=O)C(=NOC(=O)c1c(F)c(F)c(F)c(F)c1F)O3. The molecule has 4 aromatic carbocycles. The van der Waals surface area contributed by atoms with Gasteiger partial charge in [-0.15, -0.1) is 0 Å². The summed E-state index contributed by atoms with van der Waals surface area (Å²) in [5.74, 6) is -15.9. The molecule has 0 unspecified atom stereocenters. The first-order chi connectivity index (χ1) is 20.5. The molecule has 0 aliphatic carbocycles. The van der Waals surface area contributed by atoms with E-state index >= 15 is 0 Å². The molecule has 0 atom stereocenters. The van der Waals surface area contributed by atoms with Gasteiger partial charge in [-0.05, 0) is 54.9 Å². The maximum Gasteiger partial charge on any atom is 0.372 e. The maximum absolute atomic E-state index is 14.0. The summed E-state index contributed by atoms with van der Waals surface area (Å²) >= 11 is 0. The van der Waals surface area contributed by atoms with E-state index in [0.717, 1.165) is 11.1 Å². The lowest BCUT2D eigenvalue weighted by Crippen LogP contribution is -2.17. The first-order valence-corrected chi connectivity index (χ1v) is 12.8. The van der Waals surface area contributed by atoms with Crippen molar-refractivity contribution in [2.45, 2.75) is 20.4 Å². The highest BCUT2D eigenvalue weighted by atomic mass is 19.2. The van der Waals surface area contributed by atoms with Crippen LogP contribution in [-0.2, 0) is 11.4 Å². The second kappa shape index (κ2) is 10.2. The van der Waals surface area contributed by atoms with Crippen molar-refractivity contribution in [2.24, 2.45) is 5.16 Å². The minimum absolute atomic E-state index is 0.00400. The zero-order valence-electron chi connectivity index (χ0n) is 22.2. The third kappa shape index (κ3) is 4.17. The molecule has 0 fully saturated rings. The van der Waals surface area contributed by atoms with Crippen LogP contribution < -0.4 is 4.74 Å². The maximum atomic E-state index is 14.0. The van der Waals surface area contributed by atoms with E-state index in [4.69, 9.17) is 4.74 Å².